The van der Waals surface area contributed by atoms with Crippen LogP contribution < -0.4 is 0 Å². The summed E-state index contributed by atoms with van der Waals surface area (Å²) in [6, 6.07) is 4.59. The molecule has 0 aliphatic rings. The highest BCUT2D eigenvalue weighted by Gasteiger charge is 2.10. The van der Waals surface area contributed by atoms with E-state index in [1.165, 1.54) is 12.1 Å². The van der Waals surface area contributed by atoms with E-state index in [0.717, 1.165) is 10.9 Å². The second kappa shape index (κ2) is 2.52. The number of fused-ring (bicyclic) bond motifs is 1. The van der Waals surface area contributed by atoms with E-state index in [1.807, 2.05) is 0 Å². The smallest absolute Gasteiger partial charge is 0.339 e. The summed E-state index contributed by atoms with van der Waals surface area (Å²) in [4.78, 5) is 13.5. The van der Waals surface area contributed by atoms with E-state index >= 15 is 0 Å². The van der Waals surface area contributed by atoms with Crippen molar-refractivity contribution in [1.82, 2.24) is 4.98 Å². The summed E-state index contributed by atoms with van der Waals surface area (Å²) in [5.41, 5.74) is 0.648. The van der Waals surface area contributed by atoms with Crippen molar-refractivity contribution in [2.45, 2.75) is 0 Å². The van der Waals surface area contributed by atoms with Gasteiger partial charge >= 0.3 is 5.97 Å². The molecule has 66 valence electrons. The lowest BCUT2D eigenvalue weighted by Gasteiger charge is -1.98. The standard InChI is InChI=1S/C9H7NO3/c11-8-4-7-5(1-2-10-7)3-6(8)9(12)13/h1-4,10-11H,(H,12,13). The molecule has 3 N–H and O–H groups in total. The summed E-state index contributed by atoms with van der Waals surface area (Å²) in [6.45, 7) is 0. The van der Waals surface area contributed by atoms with Crippen molar-refractivity contribution in [3.05, 3.63) is 30.0 Å². The van der Waals surface area contributed by atoms with Gasteiger partial charge in [0.2, 0.25) is 0 Å². The fourth-order valence-electron chi connectivity index (χ4n) is 1.26. The average Bonchev–Trinajstić information content (AvgIpc) is 2.48. The van der Waals surface area contributed by atoms with Crippen LogP contribution in [-0.4, -0.2) is 21.2 Å². The third-order valence-corrected chi connectivity index (χ3v) is 1.90. The number of benzene rings is 1. The molecule has 0 radical (unpaired) electrons. The van der Waals surface area contributed by atoms with Crippen molar-refractivity contribution in [3.63, 3.8) is 0 Å². The Morgan fingerprint density at radius 1 is 1.38 bits per heavy atom. The van der Waals surface area contributed by atoms with Crippen LogP contribution in [0.1, 0.15) is 10.4 Å². The monoisotopic (exact) mass is 177 g/mol. The van der Waals surface area contributed by atoms with Crippen LogP contribution in [-0.2, 0) is 0 Å². The van der Waals surface area contributed by atoms with Gasteiger partial charge in [-0.05, 0) is 12.1 Å². The number of hydrogen-bond donors (Lipinski definition) is 3. The number of aromatic amines is 1. The molecule has 0 saturated heterocycles. The van der Waals surface area contributed by atoms with Gasteiger partial charge in [0.05, 0.1) is 0 Å². The minimum atomic E-state index is -1.12. The van der Waals surface area contributed by atoms with E-state index in [2.05, 4.69) is 4.98 Å². The Morgan fingerprint density at radius 2 is 2.15 bits per heavy atom. The normalized spacial score (nSPS) is 10.5. The molecule has 0 atom stereocenters. The summed E-state index contributed by atoms with van der Waals surface area (Å²) < 4.78 is 0. The van der Waals surface area contributed by atoms with Gasteiger partial charge in [0.25, 0.3) is 0 Å². The molecule has 0 unspecified atom stereocenters. The van der Waals surface area contributed by atoms with Crippen LogP contribution in [0.15, 0.2) is 24.4 Å². The molecule has 0 spiro atoms. The molecule has 0 amide bonds. The second-order valence-electron chi connectivity index (χ2n) is 2.74. The maximum Gasteiger partial charge on any atom is 0.339 e. The van der Waals surface area contributed by atoms with Gasteiger partial charge in [-0.1, -0.05) is 0 Å². The Bertz CT molecular complexity index is 473. The first-order valence-electron chi connectivity index (χ1n) is 3.72. The zero-order chi connectivity index (χ0) is 9.42. The van der Waals surface area contributed by atoms with Crippen LogP contribution in [0.5, 0.6) is 5.75 Å². The summed E-state index contributed by atoms with van der Waals surface area (Å²) in [5, 5.41) is 18.8. The Balaban J connectivity index is 2.76. The van der Waals surface area contributed by atoms with E-state index in [9.17, 15) is 9.90 Å². The number of carboxylic acids is 1. The Hall–Kier alpha value is -1.97. The zero-order valence-corrected chi connectivity index (χ0v) is 6.61. The number of carboxylic acid groups (broad SMARTS) is 1. The molecule has 1 aromatic heterocycles. The maximum absolute atomic E-state index is 10.6. The van der Waals surface area contributed by atoms with Gasteiger partial charge < -0.3 is 15.2 Å². The van der Waals surface area contributed by atoms with Crippen LogP contribution in [0.4, 0.5) is 0 Å². The summed E-state index contributed by atoms with van der Waals surface area (Å²) >= 11 is 0. The molecule has 0 bridgehead atoms. The van der Waals surface area contributed by atoms with Crippen molar-refractivity contribution in [3.8, 4) is 5.75 Å². The quantitative estimate of drug-likeness (QED) is 0.619. The van der Waals surface area contributed by atoms with Gasteiger partial charge in [-0.15, -0.1) is 0 Å². The Labute approximate surface area is 73.4 Å². The molecule has 0 aliphatic heterocycles. The molecule has 1 aromatic carbocycles. The zero-order valence-electron chi connectivity index (χ0n) is 6.61. The van der Waals surface area contributed by atoms with Crippen molar-refractivity contribution < 1.29 is 15.0 Å². The molecule has 13 heavy (non-hydrogen) atoms. The highest BCUT2D eigenvalue weighted by Crippen LogP contribution is 2.23. The highest BCUT2D eigenvalue weighted by molar-refractivity contribution is 5.96. The Morgan fingerprint density at radius 3 is 2.85 bits per heavy atom. The number of carbonyl (C=O) groups is 1. The predicted molar refractivity (Wildman–Crippen MR) is 46.9 cm³/mol. The number of H-pyrrole nitrogens is 1. The van der Waals surface area contributed by atoms with E-state index in [1.54, 1.807) is 12.3 Å². The van der Waals surface area contributed by atoms with E-state index < -0.39 is 5.97 Å². The number of aromatic hydroxyl groups is 1. The first-order valence-corrected chi connectivity index (χ1v) is 3.72. The van der Waals surface area contributed by atoms with Gasteiger partial charge in [-0.25, -0.2) is 4.79 Å². The first kappa shape index (κ1) is 7.67. The van der Waals surface area contributed by atoms with E-state index in [0.29, 0.717) is 0 Å². The van der Waals surface area contributed by atoms with Crippen LogP contribution in [0, 0.1) is 0 Å². The fourth-order valence-corrected chi connectivity index (χ4v) is 1.26. The summed E-state index contributed by atoms with van der Waals surface area (Å²) in [7, 11) is 0. The third kappa shape index (κ3) is 1.12. The maximum atomic E-state index is 10.6. The van der Waals surface area contributed by atoms with Crippen LogP contribution in [0.3, 0.4) is 0 Å². The molecule has 4 nitrogen and oxygen atoms in total. The lowest BCUT2D eigenvalue weighted by Crippen LogP contribution is -1.95. The van der Waals surface area contributed by atoms with E-state index in [-0.39, 0.29) is 11.3 Å². The first-order chi connectivity index (χ1) is 6.18. The van der Waals surface area contributed by atoms with Gasteiger partial charge in [0.1, 0.15) is 11.3 Å². The van der Waals surface area contributed by atoms with Crippen molar-refractivity contribution in [2.75, 3.05) is 0 Å². The van der Waals surface area contributed by atoms with Gasteiger partial charge in [-0.3, -0.25) is 0 Å². The number of phenols is 1. The molecule has 0 aliphatic carbocycles. The third-order valence-electron chi connectivity index (χ3n) is 1.90. The van der Waals surface area contributed by atoms with Crippen LogP contribution in [0.2, 0.25) is 0 Å². The molecule has 1 heterocycles. The Kier molecular flexibility index (Phi) is 1.48. The lowest BCUT2D eigenvalue weighted by atomic mass is 10.1. The predicted octanol–water partition coefficient (Wildman–Crippen LogP) is 1.57. The summed E-state index contributed by atoms with van der Waals surface area (Å²) in [5.74, 6) is -1.34. The molecule has 0 fully saturated rings. The van der Waals surface area contributed by atoms with Gasteiger partial charge in [0.15, 0.2) is 0 Å². The van der Waals surface area contributed by atoms with Crippen molar-refractivity contribution in [1.29, 1.82) is 0 Å². The van der Waals surface area contributed by atoms with Crippen LogP contribution >= 0.6 is 0 Å². The number of hydrogen-bond acceptors (Lipinski definition) is 2. The molecule has 4 heteroatoms. The lowest BCUT2D eigenvalue weighted by molar-refractivity contribution is 0.0694. The molecular formula is C9H7NO3. The minimum absolute atomic E-state index is 0.0768. The number of aromatic nitrogens is 1. The van der Waals surface area contributed by atoms with Crippen molar-refractivity contribution >= 4 is 16.9 Å². The highest BCUT2D eigenvalue weighted by atomic mass is 16.4. The number of rotatable bonds is 1. The minimum Gasteiger partial charge on any atom is -0.507 e. The molecule has 2 aromatic rings. The molecule has 2 rings (SSSR count). The second-order valence-corrected chi connectivity index (χ2v) is 2.74. The number of nitrogens with one attached hydrogen (secondary N) is 1. The number of aromatic carboxylic acids is 1. The summed E-state index contributed by atoms with van der Waals surface area (Å²) in [6.07, 6.45) is 1.69. The van der Waals surface area contributed by atoms with Crippen LogP contribution in [0.25, 0.3) is 10.9 Å². The average molecular weight is 177 g/mol. The largest absolute Gasteiger partial charge is 0.507 e. The topological polar surface area (TPSA) is 73.3 Å². The fraction of sp³-hybridized carbons (Fsp3) is 0. The van der Waals surface area contributed by atoms with E-state index in [4.69, 9.17) is 5.11 Å². The molecule has 0 saturated carbocycles. The SMILES string of the molecule is O=C(O)c1cc2cc[nH]c2cc1O. The van der Waals surface area contributed by atoms with Gasteiger partial charge in [0, 0.05) is 23.2 Å². The van der Waals surface area contributed by atoms with Crippen molar-refractivity contribution in [2.24, 2.45) is 0 Å². The molecular weight excluding hydrogens is 170 g/mol. The van der Waals surface area contributed by atoms with Gasteiger partial charge in [-0.2, -0.15) is 0 Å².